The zero-order chi connectivity index (χ0) is 31.0. The molecular weight excluding hydrogens is 538 g/mol. The lowest BCUT2D eigenvalue weighted by Crippen LogP contribution is -2.65. The molecule has 6 heteroatoms. The van der Waals surface area contributed by atoms with E-state index < -0.39 is 11.9 Å². The first kappa shape index (κ1) is 30.4. The molecule has 6 rings (SSSR count). The van der Waals surface area contributed by atoms with E-state index in [-0.39, 0.29) is 45.9 Å². The van der Waals surface area contributed by atoms with E-state index in [1.807, 2.05) is 12.1 Å². The first-order valence-corrected chi connectivity index (χ1v) is 16.8. The molecule has 3 N–H and O–H groups in total. The highest BCUT2D eigenvalue weighted by Crippen LogP contribution is 2.77. The number of carboxylic acid groups (broad SMARTS) is 2. The molecule has 6 nitrogen and oxygen atoms in total. The van der Waals surface area contributed by atoms with Gasteiger partial charge < -0.3 is 15.5 Å². The Kier molecular flexibility index (Phi) is 7.21. The highest BCUT2D eigenvalue weighted by molar-refractivity contribution is 5.88. The Morgan fingerprint density at radius 3 is 2.21 bits per heavy atom. The average Bonchev–Trinajstić information content (AvgIpc) is 3.38. The van der Waals surface area contributed by atoms with Gasteiger partial charge in [0.2, 0.25) is 5.91 Å². The fourth-order valence-electron chi connectivity index (χ4n) is 12.3. The summed E-state index contributed by atoms with van der Waals surface area (Å²) in [5, 5.41) is 21.6. The molecule has 0 radical (unpaired) electrons. The van der Waals surface area contributed by atoms with Crippen molar-refractivity contribution in [3.8, 4) is 0 Å². The predicted molar refractivity (Wildman–Crippen MR) is 167 cm³/mol. The standard InChI is InChI=1S/C37H51NO5/c1-33(2)25(23-8-10-24(11-9-23)31(41)42)14-18-34(3)28(33)15-19-36(5)29(34)13-12-26-27-7-6-17-37(27,21-20-35(26,36)4)32(43)38-22-16-30(39)40/h8-11,14,26-29H,6-7,12-13,15-22H2,1-5H3,(H,38,43)(H,39,40)(H,41,42)/t26-,27?,28?,29?,34+,35-,36-,37+/m1/s1. The van der Waals surface area contributed by atoms with Crippen molar-refractivity contribution in [3.05, 3.63) is 41.5 Å². The van der Waals surface area contributed by atoms with Crippen molar-refractivity contribution >= 4 is 23.4 Å². The maximum atomic E-state index is 13.7. The van der Waals surface area contributed by atoms with Gasteiger partial charge in [0, 0.05) is 6.54 Å². The number of rotatable bonds is 6. The van der Waals surface area contributed by atoms with Crippen molar-refractivity contribution in [2.24, 2.45) is 50.7 Å². The molecule has 8 atom stereocenters. The second kappa shape index (κ2) is 10.2. The molecule has 0 aromatic heterocycles. The van der Waals surface area contributed by atoms with Gasteiger partial charge in [-0.25, -0.2) is 4.79 Å². The maximum absolute atomic E-state index is 13.7. The summed E-state index contributed by atoms with van der Waals surface area (Å²) in [6, 6.07) is 7.46. The lowest BCUT2D eigenvalue weighted by atomic mass is 9.32. The normalized spacial score (nSPS) is 41.1. The molecule has 5 aliphatic carbocycles. The van der Waals surface area contributed by atoms with E-state index in [1.165, 1.54) is 31.3 Å². The summed E-state index contributed by atoms with van der Waals surface area (Å²) >= 11 is 0. The minimum Gasteiger partial charge on any atom is -0.481 e. The molecule has 0 aliphatic heterocycles. The summed E-state index contributed by atoms with van der Waals surface area (Å²) in [5.41, 5.74) is 3.08. The highest BCUT2D eigenvalue weighted by Gasteiger charge is 2.70. The third kappa shape index (κ3) is 4.28. The minimum absolute atomic E-state index is 0.0158. The van der Waals surface area contributed by atoms with Crippen molar-refractivity contribution in [2.45, 2.75) is 105 Å². The van der Waals surface area contributed by atoms with Crippen LogP contribution in [0.3, 0.4) is 0 Å². The smallest absolute Gasteiger partial charge is 0.335 e. The Morgan fingerprint density at radius 2 is 1.53 bits per heavy atom. The zero-order valence-corrected chi connectivity index (χ0v) is 26.8. The molecule has 4 fully saturated rings. The summed E-state index contributed by atoms with van der Waals surface area (Å²) in [6.07, 6.45) is 13.5. The fourth-order valence-corrected chi connectivity index (χ4v) is 12.3. The molecule has 0 heterocycles. The summed E-state index contributed by atoms with van der Waals surface area (Å²) in [4.78, 5) is 36.3. The van der Waals surface area contributed by atoms with Crippen LogP contribution in [0.25, 0.3) is 5.57 Å². The van der Waals surface area contributed by atoms with Crippen molar-refractivity contribution < 1.29 is 24.6 Å². The number of hydrogen-bond donors (Lipinski definition) is 3. The third-order valence-electron chi connectivity index (χ3n) is 14.5. The van der Waals surface area contributed by atoms with Crippen LogP contribution in [-0.2, 0) is 9.59 Å². The van der Waals surface area contributed by atoms with Gasteiger partial charge in [-0.2, -0.15) is 0 Å². The van der Waals surface area contributed by atoms with Crippen LogP contribution in [-0.4, -0.2) is 34.6 Å². The van der Waals surface area contributed by atoms with Gasteiger partial charge in [-0.15, -0.1) is 0 Å². The van der Waals surface area contributed by atoms with E-state index in [4.69, 9.17) is 5.11 Å². The Hall–Kier alpha value is -2.63. The van der Waals surface area contributed by atoms with Crippen molar-refractivity contribution in [1.29, 1.82) is 0 Å². The highest BCUT2D eigenvalue weighted by atomic mass is 16.4. The average molecular weight is 590 g/mol. The number of nitrogens with one attached hydrogen (secondary N) is 1. The van der Waals surface area contributed by atoms with Crippen LogP contribution >= 0.6 is 0 Å². The third-order valence-corrected chi connectivity index (χ3v) is 14.5. The van der Waals surface area contributed by atoms with E-state index in [0.717, 1.165) is 44.1 Å². The molecule has 1 amide bonds. The second-order valence-electron chi connectivity index (χ2n) is 16.1. The Bertz CT molecular complexity index is 1350. The van der Waals surface area contributed by atoms with Gasteiger partial charge in [-0.3, -0.25) is 9.59 Å². The van der Waals surface area contributed by atoms with E-state index in [1.54, 1.807) is 12.1 Å². The number of fused-ring (bicyclic) bond motifs is 7. The lowest BCUT2D eigenvalue weighted by Gasteiger charge is -2.72. The number of benzene rings is 1. The summed E-state index contributed by atoms with van der Waals surface area (Å²) < 4.78 is 0. The molecule has 1 aromatic rings. The number of amides is 1. The van der Waals surface area contributed by atoms with Crippen LogP contribution in [0, 0.1) is 50.7 Å². The monoisotopic (exact) mass is 589 g/mol. The topological polar surface area (TPSA) is 104 Å². The number of aliphatic carboxylic acids is 1. The van der Waals surface area contributed by atoms with Gasteiger partial charge in [0.15, 0.2) is 0 Å². The summed E-state index contributed by atoms with van der Waals surface area (Å²) in [7, 11) is 0. The molecule has 43 heavy (non-hydrogen) atoms. The molecule has 5 aliphatic rings. The van der Waals surface area contributed by atoms with Crippen LogP contribution < -0.4 is 5.32 Å². The van der Waals surface area contributed by atoms with Crippen LogP contribution in [0.1, 0.15) is 121 Å². The molecular formula is C37H51NO5. The van der Waals surface area contributed by atoms with Gasteiger partial charge in [-0.1, -0.05) is 59.2 Å². The van der Waals surface area contributed by atoms with Crippen molar-refractivity contribution in [3.63, 3.8) is 0 Å². The zero-order valence-electron chi connectivity index (χ0n) is 26.8. The molecule has 234 valence electrons. The number of carbonyl (C=O) groups excluding carboxylic acids is 1. The van der Waals surface area contributed by atoms with Gasteiger partial charge >= 0.3 is 11.9 Å². The molecule has 0 saturated heterocycles. The van der Waals surface area contributed by atoms with Crippen LogP contribution in [0.2, 0.25) is 0 Å². The van der Waals surface area contributed by atoms with E-state index in [0.29, 0.717) is 29.2 Å². The Morgan fingerprint density at radius 1 is 0.814 bits per heavy atom. The number of carbonyl (C=O) groups is 3. The lowest BCUT2D eigenvalue weighted by molar-refractivity contribution is -0.222. The first-order valence-electron chi connectivity index (χ1n) is 16.8. The first-order chi connectivity index (χ1) is 20.2. The Balaban J connectivity index is 1.29. The maximum Gasteiger partial charge on any atom is 0.335 e. The van der Waals surface area contributed by atoms with Gasteiger partial charge in [-0.05, 0) is 126 Å². The minimum atomic E-state index is -0.886. The van der Waals surface area contributed by atoms with Gasteiger partial charge in [0.1, 0.15) is 0 Å². The van der Waals surface area contributed by atoms with Crippen molar-refractivity contribution in [1.82, 2.24) is 5.32 Å². The van der Waals surface area contributed by atoms with E-state index in [2.05, 4.69) is 46.0 Å². The molecule has 1 aromatic carbocycles. The summed E-state index contributed by atoms with van der Waals surface area (Å²) in [5.74, 6) is 0.452. The van der Waals surface area contributed by atoms with Gasteiger partial charge in [0.05, 0.1) is 17.4 Å². The predicted octanol–water partition coefficient (Wildman–Crippen LogP) is 7.82. The number of carboxylic acids is 2. The number of hydrogen-bond acceptors (Lipinski definition) is 3. The summed E-state index contributed by atoms with van der Waals surface area (Å²) in [6.45, 7) is 12.8. The largest absolute Gasteiger partial charge is 0.481 e. The van der Waals surface area contributed by atoms with E-state index >= 15 is 0 Å². The molecule has 0 spiro atoms. The van der Waals surface area contributed by atoms with Crippen LogP contribution in [0.4, 0.5) is 0 Å². The quantitative estimate of drug-likeness (QED) is 0.314. The molecule has 0 bridgehead atoms. The molecule has 3 unspecified atom stereocenters. The van der Waals surface area contributed by atoms with Crippen molar-refractivity contribution in [2.75, 3.05) is 6.54 Å². The molecule has 4 saturated carbocycles. The van der Waals surface area contributed by atoms with E-state index in [9.17, 15) is 19.5 Å². The fraction of sp³-hybridized carbons (Fsp3) is 0.703. The van der Waals surface area contributed by atoms with Crippen LogP contribution in [0.15, 0.2) is 30.3 Å². The van der Waals surface area contributed by atoms with Gasteiger partial charge in [0.25, 0.3) is 0 Å². The van der Waals surface area contributed by atoms with Crippen LogP contribution in [0.5, 0.6) is 0 Å². The number of allylic oxidation sites excluding steroid dienone is 2. The Labute approximate surface area is 257 Å². The number of aromatic carboxylic acids is 1. The SMILES string of the molecule is CC1(C)C(c2ccc(C(=O)O)cc2)=CC[C@@]2(C)C1CC[C@]1(C)C2CC[C@@H]2C3CCC[C@]3(C(=O)NCCC(=O)O)CC[C@]21C. The second-order valence-corrected chi connectivity index (χ2v) is 16.1.